The maximum Gasteiger partial charge on any atom is 0.272 e. The van der Waals surface area contributed by atoms with Gasteiger partial charge in [-0.1, -0.05) is 6.07 Å². The van der Waals surface area contributed by atoms with E-state index in [2.05, 4.69) is 5.10 Å². The number of ether oxygens (including phenoxy) is 1. The molecule has 1 amide bonds. The van der Waals surface area contributed by atoms with Gasteiger partial charge in [-0.3, -0.25) is 9.48 Å². The Morgan fingerprint density at radius 3 is 2.96 bits per heavy atom. The van der Waals surface area contributed by atoms with Crippen molar-refractivity contribution in [3.8, 4) is 5.75 Å². The van der Waals surface area contributed by atoms with Gasteiger partial charge in [0, 0.05) is 18.7 Å². The average molecular weight is 359 g/mol. The van der Waals surface area contributed by atoms with E-state index in [1.54, 1.807) is 22.9 Å². The number of hydrogen-bond acceptors (Lipinski definition) is 4. The molecule has 1 saturated carbocycles. The van der Waals surface area contributed by atoms with Gasteiger partial charge in [0.15, 0.2) is 0 Å². The third-order valence-electron chi connectivity index (χ3n) is 5.18. The van der Waals surface area contributed by atoms with E-state index in [0.717, 1.165) is 6.42 Å². The van der Waals surface area contributed by atoms with E-state index in [9.17, 15) is 14.3 Å². The number of amides is 1. The van der Waals surface area contributed by atoms with Crippen molar-refractivity contribution in [2.75, 3.05) is 6.54 Å². The molecule has 1 aliphatic heterocycles. The van der Waals surface area contributed by atoms with E-state index < -0.39 is 5.60 Å². The van der Waals surface area contributed by atoms with Crippen LogP contribution >= 0.6 is 0 Å². The summed E-state index contributed by atoms with van der Waals surface area (Å²) in [6, 6.07) is 7.75. The van der Waals surface area contributed by atoms with Crippen LogP contribution in [0.25, 0.3) is 0 Å². The SMILES string of the molecule is C[C@@]1(O)CCC(N2CCn3nc(COc4cccc(F)c4)cc3C2=O)C1. The lowest BCUT2D eigenvalue weighted by atomic mass is 10.1. The summed E-state index contributed by atoms with van der Waals surface area (Å²) in [7, 11) is 0. The third-order valence-corrected chi connectivity index (χ3v) is 5.18. The monoisotopic (exact) mass is 359 g/mol. The van der Waals surface area contributed by atoms with Crippen molar-refractivity contribution in [2.45, 2.75) is 51.0 Å². The number of carbonyl (C=O) groups excluding carboxylic acids is 1. The van der Waals surface area contributed by atoms with Crippen LogP contribution in [0.3, 0.4) is 0 Å². The molecule has 0 saturated heterocycles. The molecule has 1 aromatic heterocycles. The van der Waals surface area contributed by atoms with Crippen molar-refractivity contribution in [3.05, 3.63) is 47.5 Å². The van der Waals surface area contributed by atoms with Gasteiger partial charge >= 0.3 is 0 Å². The molecule has 1 fully saturated rings. The second kappa shape index (κ2) is 6.39. The second-order valence-electron chi connectivity index (χ2n) is 7.38. The summed E-state index contributed by atoms with van der Waals surface area (Å²) in [5, 5.41) is 14.6. The first-order valence-corrected chi connectivity index (χ1v) is 8.90. The van der Waals surface area contributed by atoms with E-state index in [1.807, 2.05) is 11.8 Å². The number of halogens is 1. The smallest absolute Gasteiger partial charge is 0.272 e. The van der Waals surface area contributed by atoms with E-state index >= 15 is 0 Å². The normalized spacial score (nSPS) is 25.4. The molecule has 6 nitrogen and oxygen atoms in total. The molecule has 0 spiro atoms. The van der Waals surface area contributed by atoms with Gasteiger partial charge in [-0.05, 0) is 44.4 Å². The highest BCUT2D eigenvalue weighted by Gasteiger charge is 2.40. The summed E-state index contributed by atoms with van der Waals surface area (Å²) in [5.41, 5.74) is 0.491. The second-order valence-corrected chi connectivity index (χ2v) is 7.38. The molecule has 26 heavy (non-hydrogen) atoms. The van der Waals surface area contributed by atoms with Crippen molar-refractivity contribution in [2.24, 2.45) is 0 Å². The highest BCUT2D eigenvalue weighted by atomic mass is 19.1. The summed E-state index contributed by atoms with van der Waals surface area (Å²) in [5.74, 6) is 0.0190. The molecule has 1 aromatic carbocycles. The Hall–Kier alpha value is -2.41. The minimum atomic E-state index is -0.688. The fourth-order valence-electron chi connectivity index (χ4n) is 3.85. The lowest BCUT2D eigenvalue weighted by molar-refractivity contribution is 0.0457. The molecular formula is C19H22FN3O3. The van der Waals surface area contributed by atoms with Gasteiger partial charge in [-0.15, -0.1) is 0 Å². The average Bonchev–Trinajstić information content (AvgIpc) is 3.17. The standard InChI is InChI=1S/C19H22FN3O3/c1-19(25)6-5-15(11-19)22-7-8-23-17(18(22)24)10-14(21-23)12-26-16-4-2-3-13(20)9-16/h2-4,9-10,15,25H,5-8,11-12H2,1H3/t15?,19-/m1/s1. The van der Waals surface area contributed by atoms with Crippen LogP contribution in [0, 0.1) is 5.82 Å². The first-order valence-electron chi connectivity index (χ1n) is 8.90. The first-order chi connectivity index (χ1) is 12.4. The minimum absolute atomic E-state index is 0.0524. The lowest BCUT2D eigenvalue weighted by Crippen LogP contribution is -2.46. The summed E-state index contributed by atoms with van der Waals surface area (Å²) < 4.78 is 20.5. The predicted octanol–water partition coefficient (Wildman–Crippen LogP) is 2.36. The van der Waals surface area contributed by atoms with Crippen molar-refractivity contribution in [1.29, 1.82) is 0 Å². The maximum atomic E-state index is 13.2. The molecule has 1 N–H and O–H groups in total. The van der Waals surface area contributed by atoms with Crippen LogP contribution in [0.4, 0.5) is 4.39 Å². The van der Waals surface area contributed by atoms with Gasteiger partial charge in [0.2, 0.25) is 0 Å². The molecule has 2 atom stereocenters. The van der Waals surface area contributed by atoms with Gasteiger partial charge in [0.05, 0.1) is 12.1 Å². The van der Waals surface area contributed by atoms with Crippen LogP contribution in [0.15, 0.2) is 30.3 Å². The molecule has 2 aliphatic rings. The number of rotatable bonds is 4. The summed E-state index contributed by atoms with van der Waals surface area (Å²) in [6.45, 7) is 3.22. The van der Waals surface area contributed by atoms with Crippen LogP contribution in [0.1, 0.15) is 42.4 Å². The number of aromatic nitrogens is 2. The highest BCUT2D eigenvalue weighted by Crippen LogP contribution is 2.34. The fraction of sp³-hybridized carbons (Fsp3) is 0.474. The number of benzene rings is 1. The Morgan fingerprint density at radius 2 is 2.23 bits per heavy atom. The minimum Gasteiger partial charge on any atom is -0.487 e. The number of nitrogens with zero attached hydrogens (tertiary/aromatic N) is 3. The third kappa shape index (κ3) is 3.31. The van der Waals surface area contributed by atoms with Crippen LogP contribution in [-0.2, 0) is 13.2 Å². The zero-order valence-corrected chi connectivity index (χ0v) is 14.7. The van der Waals surface area contributed by atoms with E-state index in [1.165, 1.54) is 12.1 Å². The Balaban J connectivity index is 1.45. The van der Waals surface area contributed by atoms with Crippen molar-refractivity contribution >= 4 is 5.91 Å². The molecule has 1 aliphatic carbocycles. The summed E-state index contributed by atoms with van der Waals surface area (Å²) in [4.78, 5) is 14.7. The topological polar surface area (TPSA) is 67.6 Å². The summed E-state index contributed by atoms with van der Waals surface area (Å²) in [6.07, 6.45) is 2.15. The Morgan fingerprint density at radius 1 is 1.38 bits per heavy atom. The van der Waals surface area contributed by atoms with Gasteiger partial charge < -0.3 is 14.7 Å². The quantitative estimate of drug-likeness (QED) is 0.910. The van der Waals surface area contributed by atoms with Crippen LogP contribution in [0.2, 0.25) is 0 Å². The largest absolute Gasteiger partial charge is 0.487 e. The Bertz CT molecular complexity index is 833. The van der Waals surface area contributed by atoms with Gasteiger partial charge in [0.1, 0.15) is 29.6 Å². The molecule has 4 rings (SSSR count). The molecule has 2 heterocycles. The molecule has 0 bridgehead atoms. The Labute approximate surface area is 151 Å². The molecule has 2 aromatic rings. The number of fused-ring (bicyclic) bond motifs is 1. The zero-order valence-electron chi connectivity index (χ0n) is 14.7. The molecular weight excluding hydrogens is 337 g/mol. The number of hydrogen-bond donors (Lipinski definition) is 1. The molecule has 0 radical (unpaired) electrons. The number of aliphatic hydroxyl groups is 1. The molecule has 7 heteroatoms. The maximum absolute atomic E-state index is 13.2. The van der Waals surface area contributed by atoms with Crippen LogP contribution < -0.4 is 4.74 Å². The molecule has 1 unspecified atom stereocenters. The lowest BCUT2D eigenvalue weighted by Gasteiger charge is -2.33. The fourth-order valence-corrected chi connectivity index (χ4v) is 3.85. The van der Waals surface area contributed by atoms with Crippen molar-refractivity contribution in [3.63, 3.8) is 0 Å². The van der Waals surface area contributed by atoms with E-state index in [0.29, 0.717) is 43.1 Å². The van der Waals surface area contributed by atoms with E-state index in [-0.39, 0.29) is 24.4 Å². The van der Waals surface area contributed by atoms with Gasteiger partial charge in [-0.25, -0.2) is 4.39 Å². The number of carbonyl (C=O) groups is 1. The zero-order chi connectivity index (χ0) is 18.3. The highest BCUT2D eigenvalue weighted by molar-refractivity contribution is 5.93. The first kappa shape index (κ1) is 17.0. The van der Waals surface area contributed by atoms with Crippen molar-refractivity contribution in [1.82, 2.24) is 14.7 Å². The van der Waals surface area contributed by atoms with E-state index in [4.69, 9.17) is 4.74 Å². The van der Waals surface area contributed by atoms with Gasteiger partial charge in [-0.2, -0.15) is 5.10 Å². The van der Waals surface area contributed by atoms with Crippen molar-refractivity contribution < 1.29 is 19.0 Å². The Kier molecular flexibility index (Phi) is 4.19. The van der Waals surface area contributed by atoms with Crippen LogP contribution in [-0.4, -0.2) is 43.9 Å². The molecule has 138 valence electrons. The summed E-state index contributed by atoms with van der Waals surface area (Å²) >= 11 is 0. The van der Waals surface area contributed by atoms with Crippen LogP contribution in [0.5, 0.6) is 5.75 Å². The van der Waals surface area contributed by atoms with Gasteiger partial charge in [0.25, 0.3) is 5.91 Å². The predicted molar refractivity (Wildman–Crippen MR) is 92.3 cm³/mol.